The number of hydrogen-bond acceptors (Lipinski definition) is 1. The summed E-state index contributed by atoms with van der Waals surface area (Å²) in [7, 11) is 0. The Morgan fingerprint density at radius 3 is 2.23 bits per heavy atom. The lowest BCUT2D eigenvalue weighted by molar-refractivity contribution is -0.0198. The van der Waals surface area contributed by atoms with Crippen LogP contribution in [0.1, 0.15) is 47.5 Å². The molecular weight excluding hydrogens is 158 g/mol. The molecule has 1 heteroatoms. The van der Waals surface area contributed by atoms with E-state index in [0.29, 0.717) is 11.5 Å². The average molecular weight is 183 g/mol. The summed E-state index contributed by atoms with van der Waals surface area (Å²) < 4.78 is 0. The predicted molar refractivity (Wildman–Crippen MR) is 58.5 cm³/mol. The smallest absolute Gasteiger partial charge is 0.00959 e. The highest BCUT2D eigenvalue weighted by Crippen LogP contribution is 2.50. The third-order valence-electron chi connectivity index (χ3n) is 4.60. The van der Waals surface area contributed by atoms with Gasteiger partial charge in [0.1, 0.15) is 0 Å². The molecule has 78 valence electrons. The third-order valence-corrected chi connectivity index (χ3v) is 4.60. The van der Waals surface area contributed by atoms with Crippen LogP contribution in [0.5, 0.6) is 0 Å². The maximum Gasteiger partial charge on any atom is 0.00959 e. The Morgan fingerprint density at radius 2 is 1.92 bits per heavy atom. The molecule has 0 bridgehead atoms. The van der Waals surface area contributed by atoms with Gasteiger partial charge in [-0.15, -0.1) is 0 Å². The van der Waals surface area contributed by atoms with Crippen LogP contribution in [0, 0.1) is 23.2 Å². The summed E-state index contributed by atoms with van der Waals surface area (Å²) in [6, 6.07) is 0.434. The topological polar surface area (TPSA) is 26.0 Å². The van der Waals surface area contributed by atoms with Gasteiger partial charge in [0.25, 0.3) is 0 Å². The third kappa shape index (κ3) is 1.76. The molecule has 1 fully saturated rings. The second-order valence-electron chi connectivity index (χ2n) is 5.51. The van der Waals surface area contributed by atoms with Gasteiger partial charge in [0.2, 0.25) is 0 Å². The van der Waals surface area contributed by atoms with Crippen molar-refractivity contribution in [2.45, 2.75) is 53.5 Å². The molecule has 0 spiro atoms. The maximum atomic E-state index is 6.03. The SMILES string of the molecule is CCC(C)C(C)C1CC(N)C1(C)C. The Morgan fingerprint density at radius 1 is 1.38 bits per heavy atom. The molecule has 0 amide bonds. The standard InChI is InChI=1S/C12H25N/c1-6-8(2)9(3)10-7-11(13)12(10,4)5/h8-11H,6-7,13H2,1-5H3. The summed E-state index contributed by atoms with van der Waals surface area (Å²) in [5.74, 6) is 2.52. The Balaban J connectivity index is 2.55. The van der Waals surface area contributed by atoms with Crippen molar-refractivity contribution in [3.8, 4) is 0 Å². The molecular formula is C12H25N. The Hall–Kier alpha value is -0.0400. The highest BCUT2D eigenvalue weighted by Gasteiger charge is 2.48. The van der Waals surface area contributed by atoms with Crippen LogP contribution in [-0.4, -0.2) is 6.04 Å². The van der Waals surface area contributed by atoms with E-state index < -0.39 is 0 Å². The molecule has 0 aromatic carbocycles. The van der Waals surface area contributed by atoms with Crippen molar-refractivity contribution in [2.75, 3.05) is 0 Å². The predicted octanol–water partition coefficient (Wildman–Crippen LogP) is 3.04. The van der Waals surface area contributed by atoms with Crippen LogP contribution < -0.4 is 5.73 Å². The lowest BCUT2D eigenvalue weighted by Gasteiger charge is -2.54. The zero-order valence-electron chi connectivity index (χ0n) is 9.80. The molecule has 13 heavy (non-hydrogen) atoms. The summed E-state index contributed by atoms with van der Waals surface area (Å²) in [6.45, 7) is 11.7. The molecule has 0 heterocycles. The number of hydrogen-bond donors (Lipinski definition) is 1. The van der Waals surface area contributed by atoms with Gasteiger partial charge in [-0.05, 0) is 29.6 Å². The zero-order valence-corrected chi connectivity index (χ0v) is 9.80. The molecule has 0 radical (unpaired) electrons. The minimum Gasteiger partial charge on any atom is -0.327 e. The minimum absolute atomic E-state index is 0.378. The van der Waals surface area contributed by atoms with Gasteiger partial charge in [-0.1, -0.05) is 41.0 Å². The van der Waals surface area contributed by atoms with Crippen molar-refractivity contribution >= 4 is 0 Å². The lowest BCUT2D eigenvalue weighted by atomic mass is 9.53. The molecule has 0 aromatic heterocycles. The van der Waals surface area contributed by atoms with E-state index in [9.17, 15) is 0 Å². The molecule has 4 atom stereocenters. The van der Waals surface area contributed by atoms with Crippen molar-refractivity contribution < 1.29 is 0 Å². The molecule has 0 saturated heterocycles. The Bertz CT molecular complexity index is 174. The van der Waals surface area contributed by atoms with E-state index in [1.165, 1.54) is 12.8 Å². The fraction of sp³-hybridized carbons (Fsp3) is 1.00. The Labute approximate surface area is 83.1 Å². The summed E-state index contributed by atoms with van der Waals surface area (Å²) in [6.07, 6.45) is 2.53. The van der Waals surface area contributed by atoms with Gasteiger partial charge in [-0.25, -0.2) is 0 Å². The molecule has 1 rings (SSSR count). The molecule has 0 aliphatic heterocycles. The molecule has 1 aliphatic rings. The van der Waals surface area contributed by atoms with Gasteiger partial charge < -0.3 is 5.73 Å². The van der Waals surface area contributed by atoms with E-state index in [1.807, 2.05) is 0 Å². The second kappa shape index (κ2) is 3.61. The van der Waals surface area contributed by atoms with Crippen LogP contribution in [0.3, 0.4) is 0 Å². The van der Waals surface area contributed by atoms with Crippen LogP contribution in [0.4, 0.5) is 0 Å². The molecule has 1 nitrogen and oxygen atoms in total. The van der Waals surface area contributed by atoms with Crippen molar-refractivity contribution in [3.05, 3.63) is 0 Å². The largest absolute Gasteiger partial charge is 0.327 e. The van der Waals surface area contributed by atoms with E-state index in [0.717, 1.165) is 17.8 Å². The summed E-state index contributed by atoms with van der Waals surface area (Å²) in [5, 5.41) is 0. The van der Waals surface area contributed by atoms with Gasteiger partial charge in [0.05, 0.1) is 0 Å². The minimum atomic E-state index is 0.378. The first kappa shape index (κ1) is 11.0. The second-order valence-corrected chi connectivity index (χ2v) is 5.51. The quantitative estimate of drug-likeness (QED) is 0.715. The fourth-order valence-corrected chi connectivity index (χ4v) is 2.66. The highest BCUT2D eigenvalue weighted by molar-refractivity contribution is 5.01. The fourth-order valence-electron chi connectivity index (χ4n) is 2.66. The molecule has 2 N–H and O–H groups in total. The normalized spacial score (nSPS) is 36.5. The van der Waals surface area contributed by atoms with Gasteiger partial charge in [-0.2, -0.15) is 0 Å². The molecule has 1 aliphatic carbocycles. The van der Waals surface area contributed by atoms with Gasteiger partial charge in [0, 0.05) is 6.04 Å². The van der Waals surface area contributed by atoms with Gasteiger partial charge in [-0.3, -0.25) is 0 Å². The van der Waals surface area contributed by atoms with E-state index in [2.05, 4.69) is 34.6 Å². The number of rotatable bonds is 3. The molecule has 1 saturated carbocycles. The molecule has 4 unspecified atom stereocenters. The lowest BCUT2D eigenvalue weighted by Crippen LogP contribution is -2.57. The van der Waals surface area contributed by atoms with Gasteiger partial charge >= 0.3 is 0 Å². The first-order valence-electron chi connectivity index (χ1n) is 5.66. The van der Waals surface area contributed by atoms with Crippen LogP contribution in [-0.2, 0) is 0 Å². The van der Waals surface area contributed by atoms with E-state index in [-0.39, 0.29) is 0 Å². The summed E-state index contributed by atoms with van der Waals surface area (Å²) in [5.41, 5.74) is 6.40. The monoisotopic (exact) mass is 183 g/mol. The van der Waals surface area contributed by atoms with E-state index >= 15 is 0 Å². The van der Waals surface area contributed by atoms with Crippen LogP contribution in [0.15, 0.2) is 0 Å². The first-order chi connectivity index (χ1) is 5.91. The highest BCUT2D eigenvalue weighted by atomic mass is 14.8. The van der Waals surface area contributed by atoms with Crippen LogP contribution >= 0.6 is 0 Å². The van der Waals surface area contributed by atoms with Gasteiger partial charge in [0.15, 0.2) is 0 Å². The van der Waals surface area contributed by atoms with Crippen molar-refractivity contribution in [1.29, 1.82) is 0 Å². The van der Waals surface area contributed by atoms with Crippen molar-refractivity contribution in [1.82, 2.24) is 0 Å². The van der Waals surface area contributed by atoms with E-state index in [4.69, 9.17) is 5.73 Å². The number of nitrogens with two attached hydrogens (primary N) is 1. The van der Waals surface area contributed by atoms with Crippen LogP contribution in [0.2, 0.25) is 0 Å². The summed E-state index contributed by atoms with van der Waals surface area (Å²) in [4.78, 5) is 0. The summed E-state index contributed by atoms with van der Waals surface area (Å²) >= 11 is 0. The zero-order chi connectivity index (χ0) is 10.2. The maximum absolute atomic E-state index is 6.03. The van der Waals surface area contributed by atoms with E-state index in [1.54, 1.807) is 0 Å². The Kier molecular flexibility index (Phi) is 3.06. The van der Waals surface area contributed by atoms with Crippen molar-refractivity contribution in [3.63, 3.8) is 0 Å². The first-order valence-corrected chi connectivity index (χ1v) is 5.66. The average Bonchev–Trinajstić information content (AvgIpc) is 2.11. The molecule has 0 aromatic rings. The van der Waals surface area contributed by atoms with Crippen molar-refractivity contribution in [2.24, 2.45) is 28.9 Å². The van der Waals surface area contributed by atoms with Crippen LogP contribution in [0.25, 0.3) is 0 Å².